The molecule has 0 aliphatic rings. The fourth-order valence-corrected chi connectivity index (χ4v) is 2.60. The fraction of sp³-hybridized carbons (Fsp3) is 0.278. The normalized spacial score (nSPS) is 10.8. The van der Waals surface area contributed by atoms with Crippen molar-refractivity contribution < 1.29 is 4.79 Å². The van der Waals surface area contributed by atoms with Crippen molar-refractivity contribution in [1.29, 1.82) is 0 Å². The summed E-state index contributed by atoms with van der Waals surface area (Å²) in [5.74, 6) is -0.0171. The van der Waals surface area contributed by atoms with Crippen LogP contribution in [0.1, 0.15) is 16.7 Å². The average Bonchev–Trinajstić information content (AvgIpc) is 2.41. The van der Waals surface area contributed by atoms with E-state index in [4.69, 9.17) is 11.6 Å². The summed E-state index contributed by atoms with van der Waals surface area (Å²) < 4.78 is 0. The first kappa shape index (κ1) is 16.5. The van der Waals surface area contributed by atoms with Gasteiger partial charge in [-0.25, -0.2) is 0 Å². The second-order valence-electron chi connectivity index (χ2n) is 5.67. The molecule has 0 saturated heterocycles. The van der Waals surface area contributed by atoms with Crippen LogP contribution >= 0.6 is 11.6 Å². The Balaban J connectivity index is 1.91. The molecule has 0 bridgehead atoms. The molecule has 0 heterocycles. The third-order valence-corrected chi connectivity index (χ3v) is 3.65. The molecule has 2 aromatic carbocycles. The average molecular weight is 317 g/mol. The summed E-state index contributed by atoms with van der Waals surface area (Å²) in [6.45, 7) is 5.05. The summed E-state index contributed by atoms with van der Waals surface area (Å²) in [5.41, 5.74) is 4.22. The number of carbonyl (C=O) groups is 1. The monoisotopic (exact) mass is 316 g/mol. The van der Waals surface area contributed by atoms with Crippen molar-refractivity contribution in [3.05, 3.63) is 64.2 Å². The van der Waals surface area contributed by atoms with Crippen molar-refractivity contribution in [3.63, 3.8) is 0 Å². The summed E-state index contributed by atoms with van der Waals surface area (Å²) in [5, 5.41) is 3.67. The van der Waals surface area contributed by atoms with Crippen molar-refractivity contribution in [2.45, 2.75) is 20.4 Å². The maximum atomic E-state index is 12.1. The Labute approximate surface area is 136 Å². The predicted molar refractivity (Wildman–Crippen MR) is 92.3 cm³/mol. The summed E-state index contributed by atoms with van der Waals surface area (Å²) in [6.07, 6.45) is 0. The second kappa shape index (κ2) is 7.43. The minimum Gasteiger partial charge on any atom is -0.325 e. The van der Waals surface area contributed by atoms with Crippen LogP contribution in [0.4, 0.5) is 5.69 Å². The van der Waals surface area contributed by atoms with Gasteiger partial charge in [0.1, 0.15) is 0 Å². The predicted octanol–water partition coefficient (Wildman–Crippen LogP) is 4.03. The van der Waals surface area contributed by atoms with Gasteiger partial charge in [0.25, 0.3) is 0 Å². The van der Waals surface area contributed by atoms with E-state index in [1.165, 1.54) is 5.56 Å². The van der Waals surface area contributed by atoms with Gasteiger partial charge in [-0.3, -0.25) is 9.69 Å². The summed E-state index contributed by atoms with van der Waals surface area (Å²) in [4.78, 5) is 14.1. The zero-order valence-corrected chi connectivity index (χ0v) is 13.9. The van der Waals surface area contributed by atoms with Crippen LogP contribution in [-0.2, 0) is 11.3 Å². The highest BCUT2D eigenvalue weighted by Crippen LogP contribution is 2.16. The van der Waals surface area contributed by atoms with Crippen LogP contribution in [0.5, 0.6) is 0 Å². The molecule has 2 aromatic rings. The van der Waals surface area contributed by atoms with E-state index >= 15 is 0 Å². The highest BCUT2D eigenvalue weighted by atomic mass is 35.5. The third kappa shape index (κ3) is 4.86. The Bertz CT molecular complexity index is 670. The lowest BCUT2D eigenvalue weighted by molar-refractivity contribution is -0.117. The zero-order chi connectivity index (χ0) is 16.1. The van der Waals surface area contributed by atoms with E-state index in [1.54, 1.807) is 0 Å². The number of carbonyl (C=O) groups excluding carboxylic acids is 1. The molecule has 3 nitrogen and oxygen atoms in total. The van der Waals surface area contributed by atoms with E-state index in [-0.39, 0.29) is 5.91 Å². The molecule has 2 rings (SSSR count). The van der Waals surface area contributed by atoms with Gasteiger partial charge in [-0.15, -0.1) is 0 Å². The van der Waals surface area contributed by atoms with E-state index in [9.17, 15) is 4.79 Å². The molecule has 0 spiro atoms. The number of hydrogen-bond donors (Lipinski definition) is 1. The van der Waals surface area contributed by atoms with Crippen molar-refractivity contribution in [3.8, 4) is 0 Å². The quantitative estimate of drug-likeness (QED) is 0.903. The Kier molecular flexibility index (Phi) is 5.58. The highest BCUT2D eigenvalue weighted by molar-refractivity contribution is 6.30. The maximum absolute atomic E-state index is 12.1. The maximum Gasteiger partial charge on any atom is 0.238 e. The highest BCUT2D eigenvalue weighted by Gasteiger charge is 2.09. The smallest absolute Gasteiger partial charge is 0.238 e. The molecule has 1 amide bonds. The van der Waals surface area contributed by atoms with Gasteiger partial charge in [-0.05, 0) is 50.2 Å². The summed E-state index contributed by atoms with van der Waals surface area (Å²) >= 11 is 5.97. The number of hydrogen-bond acceptors (Lipinski definition) is 2. The molecule has 22 heavy (non-hydrogen) atoms. The fourth-order valence-electron chi connectivity index (χ4n) is 2.39. The number of amides is 1. The molecule has 0 aliphatic heterocycles. The molecule has 116 valence electrons. The van der Waals surface area contributed by atoms with Crippen LogP contribution in [0.15, 0.2) is 42.5 Å². The molecule has 0 fully saturated rings. The van der Waals surface area contributed by atoms with Crippen LogP contribution < -0.4 is 5.32 Å². The lowest BCUT2D eigenvalue weighted by atomic mass is 10.1. The zero-order valence-electron chi connectivity index (χ0n) is 13.2. The van der Waals surface area contributed by atoms with Crippen molar-refractivity contribution in [1.82, 2.24) is 4.90 Å². The lowest BCUT2D eigenvalue weighted by Crippen LogP contribution is -2.30. The number of likely N-dealkylation sites (N-methyl/N-ethyl adjacent to an activating group) is 1. The largest absolute Gasteiger partial charge is 0.325 e. The molecule has 0 saturated carbocycles. The Hall–Kier alpha value is -1.84. The van der Waals surface area contributed by atoms with Crippen LogP contribution in [0, 0.1) is 13.8 Å². The van der Waals surface area contributed by atoms with Gasteiger partial charge in [0.2, 0.25) is 5.91 Å². The number of benzene rings is 2. The molecule has 0 aromatic heterocycles. The number of rotatable bonds is 5. The van der Waals surface area contributed by atoms with Gasteiger partial charge in [0.05, 0.1) is 6.54 Å². The van der Waals surface area contributed by atoms with Gasteiger partial charge in [0.15, 0.2) is 0 Å². The van der Waals surface area contributed by atoms with Gasteiger partial charge in [0, 0.05) is 17.3 Å². The Morgan fingerprint density at radius 2 is 1.95 bits per heavy atom. The number of halogens is 1. The lowest BCUT2D eigenvalue weighted by Gasteiger charge is -2.17. The standard InChI is InChI=1S/C18H21ClN2O/c1-13-7-8-17(14(2)9-13)20-18(22)12-21(3)11-15-5-4-6-16(19)10-15/h4-10H,11-12H2,1-3H3,(H,20,22). The van der Waals surface area contributed by atoms with Crippen LogP contribution in [-0.4, -0.2) is 24.4 Å². The van der Waals surface area contributed by atoms with Crippen molar-refractivity contribution in [2.24, 2.45) is 0 Å². The van der Waals surface area contributed by atoms with Crippen LogP contribution in [0.25, 0.3) is 0 Å². The van der Waals surface area contributed by atoms with Gasteiger partial charge in [-0.1, -0.05) is 41.4 Å². The van der Waals surface area contributed by atoms with Gasteiger partial charge in [-0.2, -0.15) is 0 Å². The summed E-state index contributed by atoms with van der Waals surface area (Å²) in [7, 11) is 1.92. The second-order valence-corrected chi connectivity index (χ2v) is 6.11. The molecular weight excluding hydrogens is 296 g/mol. The van der Waals surface area contributed by atoms with Crippen molar-refractivity contribution >= 4 is 23.2 Å². The first-order chi connectivity index (χ1) is 10.4. The number of nitrogens with zero attached hydrogens (tertiary/aromatic N) is 1. The van der Waals surface area contributed by atoms with E-state index < -0.39 is 0 Å². The first-order valence-corrected chi connectivity index (χ1v) is 7.62. The molecule has 4 heteroatoms. The minimum absolute atomic E-state index is 0.0171. The topological polar surface area (TPSA) is 32.3 Å². The Morgan fingerprint density at radius 1 is 1.18 bits per heavy atom. The van der Waals surface area contributed by atoms with Crippen LogP contribution in [0.3, 0.4) is 0 Å². The molecule has 1 N–H and O–H groups in total. The third-order valence-electron chi connectivity index (χ3n) is 3.41. The Morgan fingerprint density at radius 3 is 2.64 bits per heavy atom. The van der Waals surface area contributed by atoms with E-state index in [2.05, 4.69) is 11.4 Å². The van der Waals surface area contributed by atoms with Gasteiger partial charge < -0.3 is 5.32 Å². The number of aryl methyl sites for hydroxylation is 2. The minimum atomic E-state index is -0.0171. The molecule has 0 atom stereocenters. The molecular formula is C18H21ClN2O. The number of anilines is 1. The van der Waals surface area contributed by atoms with E-state index in [0.29, 0.717) is 18.1 Å². The van der Waals surface area contributed by atoms with E-state index in [1.807, 2.05) is 62.2 Å². The van der Waals surface area contributed by atoms with Gasteiger partial charge >= 0.3 is 0 Å². The van der Waals surface area contributed by atoms with Crippen LogP contribution in [0.2, 0.25) is 5.02 Å². The molecule has 0 unspecified atom stereocenters. The van der Waals surface area contributed by atoms with Crippen molar-refractivity contribution in [2.75, 3.05) is 18.9 Å². The number of nitrogens with one attached hydrogen (secondary N) is 1. The summed E-state index contributed by atoms with van der Waals surface area (Å²) in [6, 6.07) is 13.7. The first-order valence-electron chi connectivity index (χ1n) is 7.24. The molecule has 0 aliphatic carbocycles. The molecule has 0 radical (unpaired) electrons. The SMILES string of the molecule is Cc1ccc(NC(=O)CN(C)Cc2cccc(Cl)c2)c(C)c1. The van der Waals surface area contributed by atoms with E-state index in [0.717, 1.165) is 16.8 Å².